The fraction of sp³-hybridized carbons (Fsp3) is 0.400. The van der Waals surface area contributed by atoms with Gasteiger partial charge in [-0.15, -0.1) is 11.8 Å². The van der Waals surface area contributed by atoms with Gasteiger partial charge in [-0.1, -0.05) is 18.2 Å². The van der Waals surface area contributed by atoms with Crippen LogP contribution in [-0.2, 0) is 6.18 Å². The molecule has 0 radical (unpaired) electrons. The SMILES string of the molecule is O[C@@H](CSc1cccc(C(F)(F)F)c1)CN1CCN(c2ccccc2F)CC1. The third-order valence-electron chi connectivity index (χ3n) is 4.64. The first kappa shape index (κ1) is 21.0. The van der Waals surface area contributed by atoms with Gasteiger partial charge in [-0.05, 0) is 30.3 Å². The maximum atomic E-state index is 13.9. The minimum atomic E-state index is -4.37. The molecule has 0 aliphatic carbocycles. The number of hydrogen-bond donors (Lipinski definition) is 1. The Morgan fingerprint density at radius 2 is 1.71 bits per heavy atom. The molecule has 1 atom stereocenters. The van der Waals surface area contributed by atoms with E-state index in [1.165, 1.54) is 23.9 Å². The van der Waals surface area contributed by atoms with Gasteiger partial charge < -0.3 is 10.0 Å². The van der Waals surface area contributed by atoms with Crippen molar-refractivity contribution in [2.45, 2.75) is 17.2 Å². The van der Waals surface area contributed by atoms with Gasteiger partial charge in [-0.3, -0.25) is 4.90 Å². The Balaban J connectivity index is 1.45. The Hall–Kier alpha value is -1.77. The van der Waals surface area contributed by atoms with Crippen LogP contribution in [0.2, 0.25) is 0 Å². The van der Waals surface area contributed by atoms with Crippen molar-refractivity contribution >= 4 is 17.4 Å². The summed E-state index contributed by atoms with van der Waals surface area (Å²) in [5.41, 5.74) is -0.0981. The molecule has 3 nitrogen and oxygen atoms in total. The van der Waals surface area contributed by atoms with Gasteiger partial charge in [0.1, 0.15) is 5.82 Å². The van der Waals surface area contributed by atoms with Crippen LogP contribution in [0.1, 0.15) is 5.56 Å². The van der Waals surface area contributed by atoms with Gasteiger partial charge in [0.15, 0.2) is 0 Å². The molecule has 3 rings (SSSR count). The molecule has 0 amide bonds. The fourth-order valence-electron chi connectivity index (χ4n) is 3.18. The summed E-state index contributed by atoms with van der Waals surface area (Å²) in [5.74, 6) is 0.0722. The topological polar surface area (TPSA) is 26.7 Å². The summed E-state index contributed by atoms with van der Waals surface area (Å²) in [4.78, 5) is 4.56. The first-order valence-electron chi connectivity index (χ1n) is 9.03. The summed E-state index contributed by atoms with van der Waals surface area (Å²) in [7, 11) is 0. The van der Waals surface area contributed by atoms with Gasteiger partial charge in [0.25, 0.3) is 0 Å². The number of aliphatic hydroxyl groups excluding tert-OH is 1. The molecule has 1 saturated heterocycles. The molecule has 0 saturated carbocycles. The summed E-state index contributed by atoms with van der Waals surface area (Å²) in [6, 6.07) is 11.8. The van der Waals surface area contributed by atoms with Crippen LogP contribution in [0.25, 0.3) is 0 Å². The second kappa shape index (κ2) is 9.15. The van der Waals surface area contributed by atoms with E-state index in [0.29, 0.717) is 49.1 Å². The molecule has 0 unspecified atom stereocenters. The largest absolute Gasteiger partial charge is 0.416 e. The predicted molar refractivity (Wildman–Crippen MR) is 103 cm³/mol. The van der Waals surface area contributed by atoms with Crippen LogP contribution >= 0.6 is 11.8 Å². The van der Waals surface area contributed by atoms with Gasteiger partial charge >= 0.3 is 6.18 Å². The van der Waals surface area contributed by atoms with Crippen LogP contribution in [0.3, 0.4) is 0 Å². The van der Waals surface area contributed by atoms with E-state index in [1.807, 2.05) is 4.90 Å². The lowest BCUT2D eigenvalue weighted by atomic mass is 10.2. The highest BCUT2D eigenvalue weighted by atomic mass is 32.2. The molecule has 28 heavy (non-hydrogen) atoms. The second-order valence-electron chi connectivity index (χ2n) is 6.73. The monoisotopic (exact) mass is 414 g/mol. The summed E-state index contributed by atoms with van der Waals surface area (Å²) < 4.78 is 52.2. The van der Waals surface area contributed by atoms with Gasteiger partial charge in [0.05, 0.1) is 17.4 Å². The Morgan fingerprint density at radius 3 is 2.39 bits per heavy atom. The van der Waals surface area contributed by atoms with Crippen molar-refractivity contribution in [3.8, 4) is 0 Å². The summed E-state index contributed by atoms with van der Waals surface area (Å²) in [6.45, 7) is 3.15. The standard InChI is InChI=1S/C20H22F4N2OS/c21-18-6-1-2-7-19(18)26-10-8-25(9-11-26)13-16(27)14-28-17-5-3-4-15(12-17)20(22,23)24/h1-7,12,16,27H,8-11,13-14H2/t16-/m1/s1. The normalized spacial score (nSPS) is 17.0. The fourth-order valence-corrected chi connectivity index (χ4v) is 4.06. The number of alkyl halides is 3. The number of anilines is 1. The molecule has 1 fully saturated rings. The second-order valence-corrected chi connectivity index (χ2v) is 7.82. The zero-order valence-corrected chi connectivity index (χ0v) is 16.0. The van der Waals surface area contributed by atoms with Crippen molar-refractivity contribution in [3.63, 3.8) is 0 Å². The smallest absolute Gasteiger partial charge is 0.391 e. The van der Waals surface area contributed by atoms with Crippen molar-refractivity contribution in [3.05, 3.63) is 59.9 Å². The summed E-state index contributed by atoms with van der Waals surface area (Å²) >= 11 is 1.21. The van der Waals surface area contributed by atoms with Crippen LogP contribution < -0.4 is 4.90 Å². The molecule has 1 heterocycles. The summed E-state index contributed by atoms with van der Waals surface area (Å²) in [6.07, 6.45) is -5.02. The lowest BCUT2D eigenvalue weighted by molar-refractivity contribution is -0.137. The number of halogens is 4. The highest BCUT2D eigenvalue weighted by Gasteiger charge is 2.30. The number of para-hydroxylation sites is 1. The molecular formula is C20H22F4N2OS. The van der Waals surface area contributed by atoms with Crippen LogP contribution in [0, 0.1) is 5.82 Å². The number of thioether (sulfide) groups is 1. The first-order valence-corrected chi connectivity index (χ1v) is 10.0. The number of aliphatic hydroxyl groups is 1. The van der Waals surface area contributed by atoms with Crippen LogP contribution in [0.5, 0.6) is 0 Å². The van der Waals surface area contributed by atoms with Crippen molar-refractivity contribution in [2.75, 3.05) is 43.4 Å². The number of benzene rings is 2. The average Bonchev–Trinajstić information content (AvgIpc) is 2.67. The molecular weight excluding hydrogens is 392 g/mol. The van der Waals surface area contributed by atoms with E-state index < -0.39 is 17.8 Å². The Bertz CT molecular complexity index is 779. The molecule has 1 aliphatic rings. The molecule has 0 spiro atoms. The van der Waals surface area contributed by atoms with Crippen molar-refractivity contribution < 1.29 is 22.7 Å². The van der Waals surface area contributed by atoms with Crippen molar-refractivity contribution in [1.82, 2.24) is 4.90 Å². The van der Waals surface area contributed by atoms with E-state index in [2.05, 4.69) is 4.90 Å². The predicted octanol–water partition coefficient (Wildman–Crippen LogP) is 4.12. The molecule has 1 N–H and O–H groups in total. The molecule has 2 aromatic rings. The zero-order valence-electron chi connectivity index (χ0n) is 15.2. The van der Waals surface area contributed by atoms with E-state index in [4.69, 9.17) is 0 Å². The van der Waals surface area contributed by atoms with E-state index in [9.17, 15) is 22.7 Å². The van der Waals surface area contributed by atoms with Gasteiger partial charge in [-0.25, -0.2) is 4.39 Å². The minimum absolute atomic E-state index is 0.242. The van der Waals surface area contributed by atoms with E-state index in [-0.39, 0.29) is 5.82 Å². The van der Waals surface area contributed by atoms with Crippen LogP contribution in [-0.4, -0.2) is 54.6 Å². The molecule has 0 aromatic heterocycles. The quantitative estimate of drug-likeness (QED) is 0.568. The molecule has 8 heteroatoms. The van der Waals surface area contributed by atoms with Crippen LogP contribution in [0.4, 0.5) is 23.2 Å². The lowest BCUT2D eigenvalue weighted by Crippen LogP contribution is -2.49. The highest BCUT2D eigenvalue weighted by Crippen LogP contribution is 2.32. The van der Waals surface area contributed by atoms with E-state index >= 15 is 0 Å². The Morgan fingerprint density at radius 1 is 1.00 bits per heavy atom. The maximum absolute atomic E-state index is 13.9. The number of nitrogens with zero attached hydrogens (tertiary/aromatic N) is 2. The maximum Gasteiger partial charge on any atom is 0.416 e. The number of β-amino-alcohol motifs (C(OH)–C–C–N with tert-alkyl or cyclic N) is 1. The van der Waals surface area contributed by atoms with Gasteiger partial charge in [0.2, 0.25) is 0 Å². The van der Waals surface area contributed by atoms with E-state index in [0.717, 1.165) is 12.1 Å². The van der Waals surface area contributed by atoms with Crippen molar-refractivity contribution in [2.24, 2.45) is 0 Å². The third kappa shape index (κ3) is 5.62. The van der Waals surface area contributed by atoms with Crippen LogP contribution in [0.15, 0.2) is 53.4 Å². The van der Waals surface area contributed by atoms with Crippen molar-refractivity contribution in [1.29, 1.82) is 0 Å². The Kier molecular flexibility index (Phi) is 6.85. The van der Waals surface area contributed by atoms with E-state index in [1.54, 1.807) is 24.3 Å². The minimum Gasteiger partial charge on any atom is -0.391 e. The number of piperazine rings is 1. The summed E-state index contributed by atoms with van der Waals surface area (Å²) in [5, 5.41) is 10.3. The molecule has 2 aromatic carbocycles. The lowest BCUT2D eigenvalue weighted by Gasteiger charge is -2.37. The molecule has 0 bridgehead atoms. The first-order chi connectivity index (χ1) is 13.3. The number of rotatable bonds is 6. The third-order valence-corrected chi connectivity index (χ3v) is 5.78. The Labute approximate surface area is 166 Å². The average molecular weight is 414 g/mol. The number of hydrogen-bond acceptors (Lipinski definition) is 4. The molecule has 1 aliphatic heterocycles. The van der Waals surface area contributed by atoms with Gasteiger partial charge in [0, 0.05) is 43.4 Å². The highest BCUT2D eigenvalue weighted by molar-refractivity contribution is 7.99. The van der Waals surface area contributed by atoms with Gasteiger partial charge in [-0.2, -0.15) is 13.2 Å². The zero-order chi connectivity index (χ0) is 20.1. The molecule has 152 valence electrons.